The van der Waals surface area contributed by atoms with Gasteiger partial charge in [-0.2, -0.15) is 0 Å². The lowest BCUT2D eigenvalue weighted by atomic mass is 10.1. The second kappa shape index (κ2) is 6.64. The van der Waals surface area contributed by atoms with Gasteiger partial charge in [0.2, 0.25) is 0 Å². The largest absolute Gasteiger partial charge is 0.496 e. The number of benzene rings is 1. The highest BCUT2D eigenvalue weighted by Gasteiger charge is 2.17. The SMILES string of the molecule is COc1cccc2c1CCCCN2CCCCO. The summed E-state index contributed by atoms with van der Waals surface area (Å²) in [6, 6.07) is 6.32. The molecule has 2 rings (SSSR count). The van der Waals surface area contributed by atoms with E-state index in [1.807, 2.05) is 0 Å². The molecule has 0 atom stereocenters. The van der Waals surface area contributed by atoms with Crippen molar-refractivity contribution in [2.75, 3.05) is 31.7 Å². The lowest BCUT2D eigenvalue weighted by molar-refractivity contribution is 0.285. The first-order valence-corrected chi connectivity index (χ1v) is 6.88. The summed E-state index contributed by atoms with van der Waals surface area (Å²) in [6.07, 6.45) is 5.50. The van der Waals surface area contributed by atoms with Crippen LogP contribution in [0, 0.1) is 0 Å². The highest BCUT2D eigenvalue weighted by Crippen LogP contribution is 2.33. The van der Waals surface area contributed by atoms with Crippen molar-refractivity contribution in [3.8, 4) is 5.75 Å². The molecule has 0 fully saturated rings. The van der Waals surface area contributed by atoms with Crippen molar-refractivity contribution in [1.29, 1.82) is 0 Å². The van der Waals surface area contributed by atoms with E-state index in [2.05, 4.69) is 23.1 Å². The maximum Gasteiger partial charge on any atom is 0.124 e. The molecule has 0 spiro atoms. The van der Waals surface area contributed by atoms with E-state index in [1.54, 1.807) is 7.11 Å². The number of fused-ring (bicyclic) bond motifs is 1. The minimum atomic E-state index is 0.290. The Balaban J connectivity index is 2.19. The second-order valence-corrected chi connectivity index (χ2v) is 4.83. The molecule has 1 N–H and O–H groups in total. The van der Waals surface area contributed by atoms with Gasteiger partial charge in [0.15, 0.2) is 0 Å². The van der Waals surface area contributed by atoms with Crippen molar-refractivity contribution in [2.24, 2.45) is 0 Å². The van der Waals surface area contributed by atoms with Gasteiger partial charge in [-0.1, -0.05) is 6.07 Å². The predicted octanol–water partition coefficient (Wildman–Crippen LogP) is 2.61. The molecule has 0 amide bonds. The number of aliphatic hydroxyl groups excluding tert-OH is 1. The third kappa shape index (κ3) is 2.96. The molecule has 0 aliphatic carbocycles. The number of hydrogen-bond donors (Lipinski definition) is 1. The molecule has 0 aromatic heterocycles. The van der Waals surface area contributed by atoms with Crippen LogP contribution < -0.4 is 9.64 Å². The number of ether oxygens (including phenoxy) is 1. The van der Waals surface area contributed by atoms with Crippen LogP contribution in [0.3, 0.4) is 0 Å². The van der Waals surface area contributed by atoms with Gasteiger partial charge in [0, 0.05) is 30.9 Å². The van der Waals surface area contributed by atoms with E-state index in [4.69, 9.17) is 9.84 Å². The number of methoxy groups -OCH3 is 1. The average Bonchev–Trinajstić information content (AvgIpc) is 2.61. The number of hydrogen-bond acceptors (Lipinski definition) is 3. The number of rotatable bonds is 5. The summed E-state index contributed by atoms with van der Waals surface area (Å²) in [5, 5.41) is 8.89. The summed E-state index contributed by atoms with van der Waals surface area (Å²) in [7, 11) is 1.75. The highest BCUT2D eigenvalue weighted by atomic mass is 16.5. The zero-order valence-electron chi connectivity index (χ0n) is 11.2. The Kier molecular flexibility index (Phi) is 4.88. The van der Waals surface area contributed by atoms with Crippen molar-refractivity contribution >= 4 is 5.69 Å². The monoisotopic (exact) mass is 249 g/mol. The maximum absolute atomic E-state index is 8.89. The van der Waals surface area contributed by atoms with Gasteiger partial charge < -0.3 is 14.7 Å². The predicted molar refractivity (Wildman–Crippen MR) is 74.5 cm³/mol. The van der Waals surface area contributed by atoms with Crippen molar-refractivity contribution in [1.82, 2.24) is 0 Å². The molecule has 0 bridgehead atoms. The van der Waals surface area contributed by atoms with E-state index in [9.17, 15) is 0 Å². The van der Waals surface area contributed by atoms with E-state index < -0.39 is 0 Å². The Hall–Kier alpha value is -1.22. The van der Waals surface area contributed by atoms with E-state index in [0.717, 1.165) is 38.1 Å². The Morgan fingerprint density at radius 2 is 2.17 bits per heavy atom. The molecule has 1 aliphatic heterocycles. The minimum Gasteiger partial charge on any atom is -0.496 e. The number of anilines is 1. The molecule has 18 heavy (non-hydrogen) atoms. The summed E-state index contributed by atoms with van der Waals surface area (Å²) >= 11 is 0. The van der Waals surface area contributed by atoms with Gasteiger partial charge in [0.25, 0.3) is 0 Å². The second-order valence-electron chi connectivity index (χ2n) is 4.83. The quantitative estimate of drug-likeness (QED) is 0.814. The van der Waals surface area contributed by atoms with Gasteiger partial charge in [-0.15, -0.1) is 0 Å². The Morgan fingerprint density at radius 3 is 2.94 bits per heavy atom. The van der Waals surface area contributed by atoms with Gasteiger partial charge in [-0.25, -0.2) is 0 Å². The third-order valence-corrected chi connectivity index (χ3v) is 3.61. The molecule has 1 heterocycles. The van der Waals surface area contributed by atoms with E-state index in [0.29, 0.717) is 6.61 Å². The van der Waals surface area contributed by atoms with Crippen LogP contribution in [0.15, 0.2) is 18.2 Å². The molecule has 0 radical (unpaired) electrons. The number of nitrogens with zero attached hydrogens (tertiary/aromatic N) is 1. The molecule has 1 aromatic carbocycles. The Labute approximate surface area is 109 Å². The van der Waals surface area contributed by atoms with Crippen LogP contribution in [-0.2, 0) is 6.42 Å². The first kappa shape index (κ1) is 13.2. The third-order valence-electron chi connectivity index (χ3n) is 3.61. The molecule has 100 valence electrons. The van der Waals surface area contributed by atoms with Crippen LogP contribution in [0.2, 0.25) is 0 Å². The van der Waals surface area contributed by atoms with E-state index >= 15 is 0 Å². The van der Waals surface area contributed by atoms with Crippen LogP contribution in [0.4, 0.5) is 5.69 Å². The Morgan fingerprint density at radius 1 is 1.28 bits per heavy atom. The summed E-state index contributed by atoms with van der Waals surface area (Å²) in [4.78, 5) is 2.44. The van der Waals surface area contributed by atoms with Crippen LogP contribution in [0.1, 0.15) is 31.2 Å². The fourth-order valence-corrected chi connectivity index (χ4v) is 2.66. The Bertz CT molecular complexity index is 379. The van der Waals surface area contributed by atoms with Gasteiger partial charge in [-0.3, -0.25) is 0 Å². The minimum absolute atomic E-state index is 0.290. The van der Waals surface area contributed by atoms with Crippen LogP contribution in [0.25, 0.3) is 0 Å². The zero-order chi connectivity index (χ0) is 12.8. The van der Waals surface area contributed by atoms with Crippen molar-refractivity contribution in [2.45, 2.75) is 32.1 Å². The normalized spacial score (nSPS) is 15.1. The van der Waals surface area contributed by atoms with Crippen molar-refractivity contribution in [3.05, 3.63) is 23.8 Å². The standard InChI is InChI=1S/C15H23NO2/c1-18-15-9-6-8-14-13(15)7-2-3-10-16(14)11-4-5-12-17/h6,8-9,17H,2-5,7,10-12H2,1H3. The molecule has 1 aliphatic rings. The van der Waals surface area contributed by atoms with Crippen molar-refractivity contribution < 1.29 is 9.84 Å². The van der Waals surface area contributed by atoms with Gasteiger partial charge in [0.05, 0.1) is 7.11 Å². The number of aliphatic hydroxyl groups is 1. The molecular formula is C15H23NO2. The van der Waals surface area contributed by atoms with Crippen LogP contribution in [-0.4, -0.2) is 31.9 Å². The topological polar surface area (TPSA) is 32.7 Å². The van der Waals surface area contributed by atoms with E-state index in [1.165, 1.54) is 24.1 Å². The summed E-state index contributed by atoms with van der Waals surface area (Å²) < 4.78 is 5.48. The molecule has 0 saturated heterocycles. The number of unbranched alkanes of at least 4 members (excludes halogenated alkanes) is 1. The van der Waals surface area contributed by atoms with Gasteiger partial charge >= 0.3 is 0 Å². The molecular weight excluding hydrogens is 226 g/mol. The smallest absolute Gasteiger partial charge is 0.124 e. The molecule has 0 unspecified atom stereocenters. The molecule has 3 heteroatoms. The van der Waals surface area contributed by atoms with Crippen LogP contribution in [0.5, 0.6) is 5.75 Å². The average molecular weight is 249 g/mol. The highest BCUT2D eigenvalue weighted by molar-refractivity contribution is 5.60. The lowest BCUT2D eigenvalue weighted by Crippen LogP contribution is -2.25. The van der Waals surface area contributed by atoms with Gasteiger partial charge in [0.1, 0.15) is 5.75 Å². The zero-order valence-corrected chi connectivity index (χ0v) is 11.2. The van der Waals surface area contributed by atoms with Gasteiger partial charge in [-0.05, 0) is 44.2 Å². The summed E-state index contributed by atoms with van der Waals surface area (Å²) in [5.41, 5.74) is 2.67. The first-order chi connectivity index (χ1) is 8.86. The molecule has 3 nitrogen and oxygen atoms in total. The first-order valence-electron chi connectivity index (χ1n) is 6.88. The molecule has 0 saturated carbocycles. The summed E-state index contributed by atoms with van der Waals surface area (Å²) in [6.45, 7) is 2.44. The molecule has 1 aromatic rings. The maximum atomic E-state index is 8.89. The van der Waals surface area contributed by atoms with Crippen LogP contribution >= 0.6 is 0 Å². The fraction of sp³-hybridized carbons (Fsp3) is 0.600. The van der Waals surface area contributed by atoms with Crippen molar-refractivity contribution in [3.63, 3.8) is 0 Å². The summed E-state index contributed by atoms with van der Waals surface area (Å²) in [5.74, 6) is 1.02. The fourth-order valence-electron chi connectivity index (χ4n) is 2.66. The lowest BCUT2D eigenvalue weighted by Gasteiger charge is -2.25. The van der Waals surface area contributed by atoms with E-state index in [-0.39, 0.29) is 0 Å².